The zero-order valence-corrected chi connectivity index (χ0v) is 15.3. The van der Waals surface area contributed by atoms with Gasteiger partial charge in [0.25, 0.3) is 0 Å². The van der Waals surface area contributed by atoms with Crippen LogP contribution >= 0.6 is 11.8 Å². The average Bonchev–Trinajstić information content (AvgIpc) is 3.16. The van der Waals surface area contributed by atoms with E-state index in [-0.39, 0.29) is 0 Å². The third-order valence-corrected chi connectivity index (χ3v) is 5.10. The molecule has 1 aromatic heterocycles. The summed E-state index contributed by atoms with van der Waals surface area (Å²) in [6.07, 6.45) is 6.22. The molecule has 2 heterocycles. The highest BCUT2D eigenvalue weighted by Crippen LogP contribution is 2.29. The normalized spacial score (nSPS) is 14.0. The monoisotopic (exact) mass is 344 g/mol. The Morgan fingerprint density at radius 1 is 1.21 bits per heavy atom. The largest absolute Gasteiger partial charge is 0.496 e. The van der Waals surface area contributed by atoms with Crippen molar-refractivity contribution >= 4 is 23.4 Å². The smallest absolute Gasteiger partial charge is 0.134 e. The minimum atomic E-state index is 0.779. The predicted molar refractivity (Wildman–Crippen MR) is 100 cm³/mol. The zero-order valence-electron chi connectivity index (χ0n) is 14.5. The number of rotatable bonds is 6. The third-order valence-electron chi connectivity index (χ3n) is 4.33. The molecule has 0 aliphatic carbocycles. The molecule has 1 fully saturated rings. The van der Waals surface area contributed by atoms with Gasteiger partial charge in [-0.2, -0.15) is 0 Å². The van der Waals surface area contributed by atoms with Crippen molar-refractivity contribution < 1.29 is 4.74 Å². The fraction of sp³-hybridized carbons (Fsp3) is 0.444. The molecule has 2 aromatic rings. The van der Waals surface area contributed by atoms with E-state index < -0.39 is 0 Å². The number of methoxy groups -OCH3 is 1. The van der Waals surface area contributed by atoms with Crippen molar-refractivity contribution in [3.05, 3.63) is 36.2 Å². The summed E-state index contributed by atoms with van der Waals surface area (Å²) >= 11 is 1.70. The Morgan fingerprint density at radius 2 is 2.00 bits per heavy atom. The summed E-state index contributed by atoms with van der Waals surface area (Å²) in [6.45, 7) is 2.96. The lowest BCUT2D eigenvalue weighted by Crippen LogP contribution is -2.22. The van der Waals surface area contributed by atoms with Gasteiger partial charge in [-0.15, -0.1) is 11.8 Å². The Balaban J connectivity index is 1.75. The summed E-state index contributed by atoms with van der Waals surface area (Å²) in [7, 11) is 3.78. The van der Waals surface area contributed by atoms with Crippen molar-refractivity contribution in [1.29, 1.82) is 0 Å². The van der Waals surface area contributed by atoms with Gasteiger partial charge < -0.3 is 14.5 Å². The van der Waals surface area contributed by atoms with Crippen LogP contribution in [0.15, 0.2) is 35.5 Å². The summed E-state index contributed by atoms with van der Waals surface area (Å²) < 4.78 is 5.48. The van der Waals surface area contributed by atoms with Gasteiger partial charge in [0.1, 0.15) is 23.7 Å². The van der Waals surface area contributed by atoms with E-state index in [1.165, 1.54) is 18.4 Å². The lowest BCUT2D eigenvalue weighted by atomic mass is 10.2. The first kappa shape index (κ1) is 16.9. The van der Waals surface area contributed by atoms with Gasteiger partial charge in [0.2, 0.25) is 0 Å². The summed E-state index contributed by atoms with van der Waals surface area (Å²) in [6, 6.07) is 8.44. The maximum Gasteiger partial charge on any atom is 0.134 e. The molecule has 6 heteroatoms. The highest BCUT2D eigenvalue weighted by atomic mass is 32.2. The molecular weight excluding hydrogens is 320 g/mol. The van der Waals surface area contributed by atoms with E-state index in [0.717, 1.165) is 41.9 Å². The van der Waals surface area contributed by atoms with Crippen LogP contribution in [0, 0.1) is 0 Å². The van der Waals surface area contributed by atoms with Crippen LogP contribution in [-0.4, -0.2) is 43.5 Å². The van der Waals surface area contributed by atoms with Gasteiger partial charge in [-0.1, -0.05) is 6.07 Å². The summed E-state index contributed by atoms with van der Waals surface area (Å²) in [5.41, 5.74) is 1.20. The van der Waals surface area contributed by atoms with Crippen molar-refractivity contribution in [2.24, 2.45) is 0 Å². The van der Waals surface area contributed by atoms with Gasteiger partial charge >= 0.3 is 0 Å². The number of anilines is 2. The van der Waals surface area contributed by atoms with Crippen LogP contribution in [0.1, 0.15) is 18.4 Å². The summed E-state index contributed by atoms with van der Waals surface area (Å²) in [5, 5.41) is 0. The molecule has 0 amide bonds. The van der Waals surface area contributed by atoms with Gasteiger partial charge in [-0.05, 0) is 36.8 Å². The first-order valence-corrected chi connectivity index (χ1v) is 9.43. The van der Waals surface area contributed by atoms with Crippen LogP contribution < -0.4 is 14.5 Å². The molecule has 24 heavy (non-hydrogen) atoms. The van der Waals surface area contributed by atoms with Crippen LogP contribution in [0.3, 0.4) is 0 Å². The van der Waals surface area contributed by atoms with Gasteiger partial charge in [0.05, 0.1) is 7.11 Å². The molecule has 1 aromatic carbocycles. The first-order valence-electron chi connectivity index (χ1n) is 8.20. The topological polar surface area (TPSA) is 41.5 Å². The van der Waals surface area contributed by atoms with Gasteiger partial charge in [0.15, 0.2) is 0 Å². The molecule has 0 spiro atoms. The maximum atomic E-state index is 5.48. The highest BCUT2D eigenvalue weighted by molar-refractivity contribution is 7.98. The van der Waals surface area contributed by atoms with Gasteiger partial charge in [-0.25, -0.2) is 9.97 Å². The molecule has 1 aliphatic rings. The van der Waals surface area contributed by atoms with Crippen molar-refractivity contribution in [3.63, 3.8) is 0 Å². The standard InChI is InChI=1S/C18H24N4OS/c1-21(12-14-6-7-16(24-3)15(10-14)23-2)17-11-18(20-13-19-17)22-8-4-5-9-22/h6-7,10-11,13H,4-5,8-9,12H2,1-3H3. The molecule has 0 atom stereocenters. The van der Waals surface area contributed by atoms with E-state index >= 15 is 0 Å². The average molecular weight is 344 g/mol. The molecule has 5 nitrogen and oxygen atoms in total. The molecule has 0 radical (unpaired) electrons. The second-order valence-electron chi connectivity index (χ2n) is 5.97. The van der Waals surface area contributed by atoms with Crippen molar-refractivity contribution in [3.8, 4) is 5.75 Å². The maximum absolute atomic E-state index is 5.48. The third kappa shape index (κ3) is 3.75. The van der Waals surface area contributed by atoms with E-state index in [1.807, 2.05) is 0 Å². The van der Waals surface area contributed by atoms with Crippen LogP contribution in [-0.2, 0) is 6.54 Å². The lowest BCUT2D eigenvalue weighted by Gasteiger charge is -2.21. The van der Waals surface area contributed by atoms with Gasteiger partial charge in [0, 0.05) is 37.6 Å². The number of thioether (sulfide) groups is 1. The van der Waals surface area contributed by atoms with Crippen LogP contribution in [0.5, 0.6) is 5.75 Å². The molecule has 0 saturated carbocycles. The van der Waals surface area contributed by atoms with Crippen molar-refractivity contribution in [1.82, 2.24) is 9.97 Å². The number of ether oxygens (including phenoxy) is 1. The van der Waals surface area contributed by atoms with Crippen LogP contribution in [0.25, 0.3) is 0 Å². The Labute approximate surface area is 148 Å². The number of aromatic nitrogens is 2. The second kappa shape index (κ2) is 7.75. The van der Waals surface area contributed by atoms with E-state index in [4.69, 9.17) is 4.74 Å². The van der Waals surface area contributed by atoms with Gasteiger partial charge in [-0.3, -0.25) is 0 Å². The van der Waals surface area contributed by atoms with E-state index in [1.54, 1.807) is 25.2 Å². The Bertz CT molecular complexity index is 688. The highest BCUT2D eigenvalue weighted by Gasteiger charge is 2.15. The lowest BCUT2D eigenvalue weighted by molar-refractivity contribution is 0.404. The Kier molecular flexibility index (Phi) is 5.45. The molecule has 1 aliphatic heterocycles. The zero-order chi connectivity index (χ0) is 16.9. The Morgan fingerprint density at radius 3 is 2.71 bits per heavy atom. The van der Waals surface area contributed by atoms with Crippen molar-refractivity contribution in [2.75, 3.05) is 43.3 Å². The summed E-state index contributed by atoms with van der Waals surface area (Å²) in [5.74, 6) is 2.90. The summed E-state index contributed by atoms with van der Waals surface area (Å²) in [4.78, 5) is 14.5. The molecule has 128 valence electrons. The molecule has 3 rings (SSSR count). The number of hydrogen-bond donors (Lipinski definition) is 0. The SMILES string of the molecule is COc1cc(CN(C)c2cc(N3CCCC3)ncn2)ccc1SC. The predicted octanol–water partition coefficient (Wildman–Crippen LogP) is 3.44. The van der Waals surface area contributed by atoms with E-state index in [2.05, 4.69) is 57.3 Å². The van der Waals surface area contributed by atoms with E-state index in [0.29, 0.717) is 0 Å². The van der Waals surface area contributed by atoms with Crippen LogP contribution in [0.2, 0.25) is 0 Å². The molecular formula is C18H24N4OS. The first-order chi connectivity index (χ1) is 11.7. The number of hydrogen-bond acceptors (Lipinski definition) is 6. The molecule has 0 N–H and O–H groups in total. The van der Waals surface area contributed by atoms with Crippen molar-refractivity contribution in [2.45, 2.75) is 24.3 Å². The van der Waals surface area contributed by atoms with Crippen LogP contribution in [0.4, 0.5) is 11.6 Å². The fourth-order valence-electron chi connectivity index (χ4n) is 3.00. The van der Waals surface area contributed by atoms with E-state index in [9.17, 15) is 0 Å². The second-order valence-corrected chi connectivity index (χ2v) is 6.82. The Hall–Kier alpha value is -1.95. The fourth-order valence-corrected chi connectivity index (χ4v) is 3.55. The minimum absolute atomic E-state index is 0.779. The number of nitrogens with zero attached hydrogens (tertiary/aromatic N) is 4. The molecule has 0 bridgehead atoms. The minimum Gasteiger partial charge on any atom is -0.496 e. The number of benzene rings is 1. The molecule has 1 saturated heterocycles. The quantitative estimate of drug-likeness (QED) is 0.748. The molecule has 0 unspecified atom stereocenters.